The van der Waals surface area contributed by atoms with E-state index in [0.717, 1.165) is 16.8 Å². The summed E-state index contributed by atoms with van der Waals surface area (Å²) in [5.41, 5.74) is 4.21. The molecule has 1 aromatic heterocycles. The SMILES string of the molecule is COc1ccc(C(=O)N(Cc2cc(NC(=O)c3cccs3)ccc2N(C)C)C(C)c2ccccc2)cc1. The van der Waals surface area contributed by atoms with Crippen LogP contribution in [0.2, 0.25) is 0 Å². The van der Waals surface area contributed by atoms with Gasteiger partial charge in [-0.3, -0.25) is 9.59 Å². The molecule has 0 fully saturated rings. The van der Waals surface area contributed by atoms with Gasteiger partial charge in [-0.2, -0.15) is 0 Å². The van der Waals surface area contributed by atoms with Crippen LogP contribution in [0.1, 0.15) is 44.1 Å². The number of ether oxygens (including phenoxy) is 1. The van der Waals surface area contributed by atoms with Gasteiger partial charge in [0, 0.05) is 37.6 Å². The van der Waals surface area contributed by atoms with E-state index in [4.69, 9.17) is 4.74 Å². The Morgan fingerprint density at radius 3 is 2.30 bits per heavy atom. The summed E-state index contributed by atoms with van der Waals surface area (Å²) in [6.45, 7) is 2.39. The van der Waals surface area contributed by atoms with Gasteiger partial charge >= 0.3 is 0 Å². The van der Waals surface area contributed by atoms with Crippen LogP contribution in [0.25, 0.3) is 0 Å². The highest BCUT2D eigenvalue weighted by atomic mass is 32.1. The lowest BCUT2D eigenvalue weighted by Gasteiger charge is -2.32. The third kappa shape index (κ3) is 6.19. The molecule has 2 amide bonds. The monoisotopic (exact) mass is 513 g/mol. The van der Waals surface area contributed by atoms with Gasteiger partial charge in [0.15, 0.2) is 0 Å². The largest absolute Gasteiger partial charge is 0.497 e. The number of nitrogens with one attached hydrogen (secondary N) is 1. The molecule has 1 atom stereocenters. The van der Waals surface area contributed by atoms with Crippen molar-refractivity contribution in [2.75, 3.05) is 31.4 Å². The average Bonchev–Trinajstić information content (AvgIpc) is 3.47. The molecule has 4 aromatic rings. The first kappa shape index (κ1) is 26.0. The highest BCUT2D eigenvalue weighted by Crippen LogP contribution is 2.30. The number of thiophene rings is 1. The zero-order valence-corrected chi connectivity index (χ0v) is 22.3. The van der Waals surface area contributed by atoms with Crippen LogP contribution >= 0.6 is 11.3 Å². The van der Waals surface area contributed by atoms with Crippen molar-refractivity contribution in [2.24, 2.45) is 0 Å². The number of hydrogen-bond donors (Lipinski definition) is 1. The Kier molecular flexibility index (Phi) is 8.25. The fourth-order valence-electron chi connectivity index (χ4n) is 4.21. The lowest BCUT2D eigenvalue weighted by atomic mass is 10.0. The van der Waals surface area contributed by atoms with Crippen LogP contribution in [0.15, 0.2) is 90.3 Å². The predicted molar refractivity (Wildman–Crippen MR) is 151 cm³/mol. The van der Waals surface area contributed by atoms with Gasteiger partial charge in [-0.05, 0) is 72.0 Å². The second kappa shape index (κ2) is 11.8. The summed E-state index contributed by atoms with van der Waals surface area (Å²) in [6, 6.07) is 26.4. The van der Waals surface area contributed by atoms with Crippen molar-refractivity contribution in [3.63, 3.8) is 0 Å². The highest BCUT2D eigenvalue weighted by Gasteiger charge is 2.25. The van der Waals surface area contributed by atoms with Crippen LogP contribution in [0.3, 0.4) is 0 Å². The maximum atomic E-state index is 13.9. The molecule has 0 saturated heterocycles. The van der Waals surface area contributed by atoms with E-state index in [9.17, 15) is 9.59 Å². The first-order chi connectivity index (χ1) is 17.9. The summed E-state index contributed by atoms with van der Waals surface area (Å²) in [5.74, 6) is 0.461. The van der Waals surface area contributed by atoms with Gasteiger partial charge in [-0.15, -0.1) is 11.3 Å². The van der Waals surface area contributed by atoms with Crippen molar-refractivity contribution in [3.05, 3.63) is 112 Å². The molecule has 1 heterocycles. The number of rotatable bonds is 9. The molecule has 0 aliphatic heterocycles. The van der Waals surface area contributed by atoms with E-state index in [0.29, 0.717) is 28.4 Å². The van der Waals surface area contributed by atoms with Crippen molar-refractivity contribution in [2.45, 2.75) is 19.5 Å². The minimum absolute atomic E-state index is 0.0864. The first-order valence-electron chi connectivity index (χ1n) is 12.0. The molecule has 0 radical (unpaired) electrons. The third-order valence-corrected chi connectivity index (χ3v) is 7.12. The van der Waals surface area contributed by atoms with E-state index < -0.39 is 0 Å². The highest BCUT2D eigenvalue weighted by molar-refractivity contribution is 7.12. The van der Waals surface area contributed by atoms with Crippen molar-refractivity contribution in [1.29, 1.82) is 0 Å². The fourth-order valence-corrected chi connectivity index (χ4v) is 4.82. The van der Waals surface area contributed by atoms with Crippen LogP contribution < -0.4 is 15.0 Å². The number of nitrogens with zero attached hydrogens (tertiary/aromatic N) is 2. The molecule has 0 saturated carbocycles. The summed E-state index contributed by atoms with van der Waals surface area (Å²) < 4.78 is 5.27. The summed E-state index contributed by atoms with van der Waals surface area (Å²) in [5, 5.41) is 4.87. The Labute approximate surface area is 222 Å². The molecular weight excluding hydrogens is 482 g/mol. The molecule has 0 aliphatic rings. The zero-order valence-electron chi connectivity index (χ0n) is 21.5. The molecule has 7 heteroatoms. The molecule has 0 spiro atoms. The third-order valence-electron chi connectivity index (χ3n) is 6.25. The van der Waals surface area contributed by atoms with Crippen molar-refractivity contribution >= 4 is 34.5 Å². The Hall–Kier alpha value is -4.10. The van der Waals surface area contributed by atoms with Gasteiger partial charge in [-0.1, -0.05) is 36.4 Å². The van der Waals surface area contributed by atoms with Crippen molar-refractivity contribution < 1.29 is 14.3 Å². The van der Waals surface area contributed by atoms with Gasteiger partial charge < -0.3 is 19.9 Å². The van der Waals surface area contributed by atoms with Crippen LogP contribution in [0, 0.1) is 0 Å². The molecule has 1 N–H and O–H groups in total. The second-order valence-corrected chi connectivity index (χ2v) is 9.87. The van der Waals surface area contributed by atoms with E-state index in [1.54, 1.807) is 37.4 Å². The molecule has 4 rings (SSSR count). The van der Waals surface area contributed by atoms with E-state index in [1.807, 2.05) is 90.8 Å². The Morgan fingerprint density at radius 1 is 0.946 bits per heavy atom. The lowest BCUT2D eigenvalue weighted by molar-refractivity contribution is 0.0674. The zero-order chi connectivity index (χ0) is 26.4. The molecular formula is C30H31N3O3S. The molecule has 37 heavy (non-hydrogen) atoms. The summed E-state index contributed by atoms with van der Waals surface area (Å²) in [6.07, 6.45) is 0. The molecule has 3 aromatic carbocycles. The van der Waals surface area contributed by atoms with Crippen LogP contribution in [0.4, 0.5) is 11.4 Å². The molecule has 6 nitrogen and oxygen atoms in total. The Bertz CT molecular complexity index is 1340. The van der Waals surface area contributed by atoms with Gasteiger partial charge in [0.2, 0.25) is 0 Å². The number of carbonyl (C=O) groups excluding carboxylic acids is 2. The van der Waals surface area contributed by atoms with Gasteiger partial charge in [-0.25, -0.2) is 0 Å². The molecule has 190 valence electrons. The fraction of sp³-hybridized carbons (Fsp3) is 0.200. The maximum absolute atomic E-state index is 13.9. The quantitative estimate of drug-likeness (QED) is 0.278. The van der Waals surface area contributed by atoms with E-state index in [1.165, 1.54) is 11.3 Å². The maximum Gasteiger partial charge on any atom is 0.265 e. The van der Waals surface area contributed by atoms with Gasteiger partial charge in [0.1, 0.15) is 5.75 Å². The number of methoxy groups -OCH3 is 1. The molecule has 1 unspecified atom stereocenters. The first-order valence-corrected chi connectivity index (χ1v) is 12.9. The summed E-state index contributed by atoms with van der Waals surface area (Å²) in [4.78, 5) is 31.1. The number of benzene rings is 3. The minimum Gasteiger partial charge on any atom is -0.497 e. The topological polar surface area (TPSA) is 61.9 Å². The lowest BCUT2D eigenvalue weighted by Crippen LogP contribution is -2.33. The summed E-state index contributed by atoms with van der Waals surface area (Å²) in [7, 11) is 5.55. The van der Waals surface area contributed by atoms with E-state index in [-0.39, 0.29) is 17.9 Å². The molecule has 0 aliphatic carbocycles. The van der Waals surface area contributed by atoms with E-state index >= 15 is 0 Å². The summed E-state index contributed by atoms with van der Waals surface area (Å²) >= 11 is 1.40. The second-order valence-electron chi connectivity index (χ2n) is 8.92. The minimum atomic E-state index is -0.185. The van der Waals surface area contributed by atoms with Gasteiger partial charge in [0.25, 0.3) is 11.8 Å². The van der Waals surface area contributed by atoms with Gasteiger partial charge in [0.05, 0.1) is 18.0 Å². The predicted octanol–water partition coefficient (Wildman–Crippen LogP) is 6.48. The average molecular weight is 514 g/mol. The number of amides is 2. The molecule has 0 bridgehead atoms. The normalized spacial score (nSPS) is 11.5. The van der Waals surface area contributed by atoms with Crippen LogP contribution in [-0.4, -0.2) is 37.9 Å². The van der Waals surface area contributed by atoms with Crippen molar-refractivity contribution in [3.8, 4) is 5.75 Å². The standard InChI is InChI=1S/C30H31N3O3S/c1-21(22-9-6-5-7-10-22)33(30(35)23-12-15-26(36-4)16-13-23)20-24-19-25(14-17-27(24)32(2)3)31-29(34)28-11-8-18-37-28/h5-19,21H,20H2,1-4H3,(H,31,34). The van der Waals surface area contributed by atoms with Crippen LogP contribution in [0.5, 0.6) is 5.75 Å². The van der Waals surface area contributed by atoms with E-state index in [2.05, 4.69) is 5.32 Å². The number of carbonyl (C=O) groups is 2. The van der Waals surface area contributed by atoms with Crippen LogP contribution in [-0.2, 0) is 6.54 Å². The number of anilines is 2. The number of hydrogen-bond acceptors (Lipinski definition) is 5. The Morgan fingerprint density at radius 2 is 1.68 bits per heavy atom. The van der Waals surface area contributed by atoms with Crippen molar-refractivity contribution in [1.82, 2.24) is 4.90 Å². The Balaban J connectivity index is 1.70. The smallest absolute Gasteiger partial charge is 0.265 e.